The van der Waals surface area contributed by atoms with Crippen LogP contribution in [0.15, 0.2) is 46.9 Å². The summed E-state index contributed by atoms with van der Waals surface area (Å²) >= 11 is 3.52. The molecule has 2 aromatic carbocycles. The third kappa shape index (κ3) is 4.12. The summed E-state index contributed by atoms with van der Waals surface area (Å²) in [6, 6.07) is 14.2. The first-order chi connectivity index (χ1) is 11.3. The molecule has 0 aliphatic rings. The first kappa shape index (κ1) is 16.0. The highest BCUT2D eigenvalue weighted by Gasteiger charge is 2.06. The largest absolute Gasteiger partial charge is 0.493 e. The van der Waals surface area contributed by atoms with E-state index in [1.54, 1.807) is 0 Å². The molecule has 0 aliphatic heterocycles. The number of H-pyrrole nitrogens is 1. The second kappa shape index (κ2) is 7.62. The number of aromatic amines is 1. The van der Waals surface area contributed by atoms with Crippen LogP contribution in [0.25, 0.3) is 11.0 Å². The van der Waals surface area contributed by atoms with Crippen LogP contribution in [0.3, 0.4) is 0 Å². The molecule has 0 spiro atoms. The molecular formula is C18H20BrN3O. The van der Waals surface area contributed by atoms with Gasteiger partial charge in [0, 0.05) is 16.6 Å². The highest BCUT2D eigenvalue weighted by Crippen LogP contribution is 2.23. The number of para-hydroxylation sites is 2. The summed E-state index contributed by atoms with van der Waals surface area (Å²) in [6.45, 7) is 4.26. The van der Waals surface area contributed by atoms with E-state index in [9.17, 15) is 0 Å². The molecule has 0 amide bonds. The van der Waals surface area contributed by atoms with E-state index in [-0.39, 0.29) is 0 Å². The number of fused-ring (bicyclic) bond motifs is 1. The Morgan fingerprint density at radius 2 is 2.04 bits per heavy atom. The van der Waals surface area contributed by atoms with Crippen LogP contribution in [-0.2, 0) is 13.1 Å². The highest BCUT2D eigenvalue weighted by atomic mass is 79.9. The normalized spacial score (nSPS) is 11.0. The van der Waals surface area contributed by atoms with Crippen LogP contribution >= 0.6 is 15.9 Å². The van der Waals surface area contributed by atoms with Crippen molar-refractivity contribution in [3.63, 3.8) is 0 Å². The van der Waals surface area contributed by atoms with Gasteiger partial charge >= 0.3 is 0 Å². The molecule has 0 aliphatic carbocycles. The number of halogens is 1. The summed E-state index contributed by atoms with van der Waals surface area (Å²) < 4.78 is 6.87. The lowest BCUT2D eigenvalue weighted by molar-refractivity contribution is 0.313. The van der Waals surface area contributed by atoms with Crippen molar-refractivity contribution in [1.29, 1.82) is 0 Å². The fourth-order valence-corrected chi connectivity index (χ4v) is 2.85. The van der Waals surface area contributed by atoms with E-state index in [0.717, 1.165) is 52.2 Å². The van der Waals surface area contributed by atoms with Crippen molar-refractivity contribution < 1.29 is 4.74 Å². The predicted octanol–water partition coefficient (Wildman–Crippen LogP) is 4.40. The zero-order valence-electron chi connectivity index (χ0n) is 13.1. The summed E-state index contributed by atoms with van der Waals surface area (Å²) in [7, 11) is 0. The van der Waals surface area contributed by atoms with Crippen LogP contribution in [-0.4, -0.2) is 16.6 Å². The maximum Gasteiger partial charge on any atom is 0.123 e. The van der Waals surface area contributed by atoms with Crippen LogP contribution < -0.4 is 10.1 Å². The molecule has 0 fully saturated rings. The van der Waals surface area contributed by atoms with Gasteiger partial charge in [-0.3, -0.25) is 0 Å². The SMILES string of the molecule is CCCOc1ccc(Br)cc1CNCc1nc2ccccc2[nH]1. The molecule has 1 heterocycles. The maximum absolute atomic E-state index is 5.81. The lowest BCUT2D eigenvalue weighted by Crippen LogP contribution is -2.14. The van der Waals surface area contributed by atoms with E-state index in [4.69, 9.17) is 4.74 Å². The molecule has 0 saturated heterocycles. The van der Waals surface area contributed by atoms with Gasteiger partial charge in [0.1, 0.15) is 11.6 Å². The topological polar surface area (TPSA) is 49.9 Å². The Balaban J connectivity index is 1.64. The van der Waals surface area contributed by atoms with Gasteiger partial charge in [-0.25, -0.2) is 4.98 Å². The van der Waals surface area contributed by atoms with Crippen molar-refractivity contribution in [3.8, 4) is 5.75 Å². The van der Waals surface area contributed by atoms with Crippen molar-refractivity contribution in [1.82, 2.24) is 15.3 Å². The molecule has 0 atom stereocenters. The molecule has 0 saturated carbocycles. The van der Waals surface area contributed by atoms with Crippen LogP contribution in [0.2, 0.25) is 0 Å². The standard InChI is InChI=1S/C18H20BrN3O/c1-2-9-23-17-8-7-14(19)10-13(17)11-20-12-18-21-15-5-3-4-6-16(15)22-18/h3-8,10,20H,2,9,11-12H2,1H3,(H,21,22). The minimum Gasteiger partial charge on any atom is -0.493 e. The Hall–Kier alpha value is -1.85. The Bertz CT molecular complexity index is 752. The van der Waals surface area contributed by atoms with Crippen LogP contribution in [0, 0.1) is 0 Å². The average molecular weight is 374 g/mol. The maximum atomic E-state index is 5.81. The minimum absolute atomic E-state index is 0.689. The molecule has 0 radical (unpaired) electrons. The van der Waals surface area contributed by atoms with E-state index in [1.165, 1.54) is 0 Å². The zero-order valence-corrected chi connectivity index (χ0v) is 14.7. The van der Waals surface area contributed by atoms with Gasteiger partial charge in [-0.05, 0) is 36.8 Å². The summed E-state index contributed by atoms with van der Waals surface area (Å²) in [5.41, 5.74) is 3.21. The molecule has 5 heteroatoms. The van der Waals surface area contributed by atoms with E-state index in [1.807, 2.05) is 36.4 Å². The minimum atomic E-state index is 0.689. The number of nitrogens with zero attached hydrogens (tertiary/aromatic N) is 1. The van der Waals surface area contributed by atoms with E-state index >= 15 is 0 Å². The first-order valence-corrected chi connectivity index (χ1v) is 8.61. The number of benzene rings is 2. The van der Waals surface area contributed by atoms with Crippen molar-refractivity contribution in [2.45, 2.75) is 26.4 Å². The van der Waals surface area contributed by atoms with Crippen molar-refractivity contribution in [3.05, 3.63) is 58.3 Å². The van der Waals surface area contributed by atoms with Gasteiger partial charge < -0.3 is 15.0 Å². The third-order valence-electron chi connectivity index (χ3n) is 3.53. The second-order valence-corrected chi connectivity index (χ2v) is 6.32. The zero-order chi connectivity index (χ0) is 16.1. The highest BCUT2D eigenvalue weighted by molar-refractivity contribution is 9.10. The van der Waals surface area contributed by atoms with Gasteiger partial charge in [-0.2, -0.15) is 0 Å². The number of hydrogen-bond donors (Lipinski definition) is 2. The molecule has 0 unspecified atom stereocenters. The number of imidazole rings is 1. The Labute approximate surface area is 144 Å². The molecule has 0 bridgehead atoms. The Kier molecular flexibility index (Phi) is 5.31. The molecule has 3 rings (SSSR count). The van der Waals surface area contributed by atoms with Gasteiger partial charge in [-0.1, -0.05) is 35.0 Å². The molecule has 23 heavy (non-hydrogen) atoms. The van der Waals surface area contributed by atoms with Gasteiger partial charge in [0.15, 0.2) is 0 Å². The fourth-order valence-electron chi connectivity index (χ4n) is 2.44. The number of ether oxygens (including phenoxy) is 1. The summed E-state index contributed by atoms with van der Waals surface area (Å²) in [5, 5.41) is 3.43. The first-order valence-electron chi connectivity index (χ1n) is 7.82. The van der Waals surface area contributed by atoms with E-state index in [0.29, 0.717) is 6.54 Å². The van der Waals surface area contributed by atoms with Crippen LogP contribution in [0.5, 0.6) is 5.75 Å². The fraction of sp³-hybridized carbons (Fsp3) is 0.278. The summed E-state index contributed by atoms with van der Waals surface area (Å²) in [6.07, 6.45) is 1.00. The molecule has 1 aromatic heterocycles. The number of nitrogens with one attached hydrogen (secondary N) is 2. The van der Waals surface area contributed by atoms with Gasteiger partial charge in [0.05, 0.1) is 24.2 Å². The van der Waals surface area contributed by atoms with E-state index in [2.05, 4.69) is 44.2 Å². The van der Waals surface area contributed by atoms with Crippen molar-refractivity contribution in [2.75, 3.05) is 6.61 Å². The van der Waals surface area contributed by atoms with Gasteiger partial charge in [0.2, 0.25) is 0 Å². The van der Waals surface area contributed by atoms with Crippen LogP contribution in [0.4, 0.5) is 0 Å². The van der Waals surface area contributed by atoms with Crippen LogP contribution in [0.1, 0.15) is 24.7 Å². The van der Waals surface area contributed by atoms with Gasteiger partial charge in [0.25, 0.3) is 0 Å². The molecular weight excluding hydrogens is 354 g/mol. The Morgan fingerprint density at radius 3 is 2.87 bits per heavy atom. The summed E-state index contributed by atoms with van der Waals surface area (Å²) in [4.78, 5) is 7.90. The Morgan fingerprint density at radius 1 is 1.17 bits per heavy atom. The lowest BCUT2D eigenvalue weighted by Gasteiger charge is -2.12. The number of aromatic nitrogens is 2. The lowest BCUT2D eigenvalue weighted by atomic mass is 10.2. The number of hydrogen-bond acceptors (Lipinski definition) is 3. The molecule has 2 N–H and O–H groups in total. The molecule has 120 valence electrons. The third-order valence-corrected chi connectivity index (χ3v) is 4.02. The van der Waals surface area contributed by atoms with Crippen molar-refractivity contribution in [2.24, 2.45) is 0 Å². The predicted molar refractivity (Wildman–Crippen MR) is 96.6 cm³/mol. The monoisotopic (exact) mass is 373 g/mol. The summed E-state index contributed by atoms with van der Waals surface area (Å²) in [5.74, 6) is 1.88. The molecule has 4 nitrogen and oxygen atoms in total. The van der Waals surface area contributed by atoms with E-state index < -0.39 is 0 Å². The van der Waals surface area contributed by atoms with Gasteiger partial charge in [-0.15, -0.1) is 0 Å². The number of rotatable bonds is 7. The molecule has 3 aromatic rings. The van der Waals surface area contributed by atoms with Crippen molar-refractivity contribution >= 4 is 27.0 Å². The quantitative estimate of drug-likeness (QED) is 0.644. The smallest absolute Gasteiger partial charge is 0.123 e. The second-order valence-electron chi connectivity index (χ2n) is 5.40. The average Bonchev–Trinajstić information content (AvgIpc) is 2.97.